The van der Waals surface area contributed by atoms with Crippen LogP contribution < -0.4 is 0 Å². The number of allylic oxidation sites excluding steroid dienone is 5. The number of nitrogens with one attached hydrogen (secondary N) is 1. The molecule has 26 heavy (non-hydrogen) atoms. The molecule has 0 spiro atoms. The number of hydrogen-bond acceptors (Lipinski definition) is 3. The minimum atomic E-state index is 0.267. The second-order valence-corrected chi connectivity index (χ2v) is 7.50. The third kappa shape index (κ3) is 3.94. The molecule has 0 fully saturated rings. The lowest BCUT2D eigenvalue weighted by Crippen LogP contribution is -2.37. The zero-order valence-corrected chi connectivity index (χ0v) is 17.1. The first-order chi connectivity index (χ1) is 12.3. The maximum Gasteiger partial charge on any atom is 0.0498 e. The van der Waals surface area contributed by atoms with Crippen LogP contribution in [0.15, 0.2) is 64.2 Å². The van der Waals surface area contributed by atoms with Crippen molar-refractivity contribution in [2.45, 2.75) is 53.0 Å². The summed E-state index contributed by atoms with van der Waals surface area (Å²) in [5.41, 5.74) is 11.5. The molecule has 3 heteroatoms. The average Bonchev–Trinajstić information content (AvgIpc) is 2.92. The average molecular weight is 352 g/mol. The van der Waals surface area contributed by atoms with Crippen molar-refractivity contribution in [3.05, 3.63) is 64.2 Å². The van der Waals surface area contributed by atoms with Gasteiger partial charge in [0.1, 0.15) is 0 Å². The van der Waals surface area contributed by atoms with Gasteiger partial charge in [-0.15, -0.1) is 5.73 Å². The highest BCUT2D eigenvalue weighted by Crippen LogP contribution is 2.34. The van der Waals surface area contributed by atoms with Gasteiger partial charge in [-0.25, -0.2) is 0 Å². The first kappa shape index (κ1) is 20.1. The molecule has 0 aromatic carbocycles. The largest absolute Gasteiger partial charge is 0.374 e. The molecule has 0 radical (unpaired) electrons. The molecule has 1 unspecified atom stereocenters. The summed E-state index contributed by atoms with van der Waals surface area (Å²) in [5, 5.41) is 7.83. The lowest BCUT2D eigenvalue weighted by Gasteiger charge is -2.36. The van der Waals surface area contributed by atoms with Crippen molar-refractivity contribution in [1.82, 2.24) is 9.80 Å². The molecule has 2 aliphatic heterocycles. The predicted octanol–water partition coefficient (Wildman–Crippen LogP) is 5.22. The van der Waals surface area contributed by atoms with Gasteiger partial charge < -0.3 is 15.2 Å². The van der Waals surface area contributed by atoms with E-state index in [1.807, 2.05) is 6.92 Å². The summed E-state index contributed by atoms with van der Waals surface area (Å²) in [7, 11) is 2.19. The van der Waals surface area contributed by atoms with Gasteiger partial charge in [0.25, 0.3) is 0 Å². The SMILES string of the molecule is C=C=C(C)CC1=C(C=N)C(=C)N(C(C)C2=CC(C)=C(CCC)N(C)C2)C1. The maximum absolute atomic E-state index is 7.83. The van der Waals surface area contributed by atoms with Crippen LogP contribution in [0.5, 0.6) is 0 Å². The molecular weight excluding hydrogens is 318 g/mol. The van der Waals surface area contributed by atoms with Crippen LogP contribution in [-0.2, 0) is 0 Å². The highest BCUT2D eigenvalue weighted by Gasteiger charge is 2.30. The van der Waals surface area contributed by atoms with Gasteiger partial charge >= 0.3 is 0 Å². The van der Waals surface area contributed by atoms with Gasteiger partial charge in [-0.1, -0.05) is 32.6 Å². The Morgan fingerprint density at radius 2 is 2.12 bits per heavy atom. The third-order valence-corrected chi connectivity index (χ3v) is 5.55. The smallest absolute Gasteiger partial charge is 0.0498 e. The Morgan fingerprint density at radius 3 is 2.65 bits per heavy atom. The Morgan fingerprint density at radius 1 is 1.42 bits per heavy atom. The molecular formula is C23H33N3. The highest BCUT2D eigenvalue weighted by atomic mass is 15.2. The van der Waals surface area contributed by atoms with Crippen LogP contribution in [0, 0.1) is 5.41 Å². The second-order valence-electron chi connectivity index (χ2n) is 7.50. The second kappa shape index (κ2) is 8.42. The van der Waals surface area contributed by atoms with E-state index in [4.69, 9.17) is 5.41 Å². The maximum atomic E-state index is 7.83. The molecule has 0 aromatic rings. The fourth-order valence-electron chi connectivity index (χ4n) is 3.99. The Bertz CT molecular complexity index is 741. The van der Waals surface area contributed by atoms with Crippen molar-refractivity contribution >= 4 is 6.21 Å². The molecule has 2 aliphatic rings. The first-order valence-corrected chi connectivity index (χ1v) is 9.49. The van der Waals surface area contributed by atoms with E-state index in [-0.39, 0.29) is 6.04 Å². The molecule has 2 rings (SSSR count). The van der Waals surface area contributed by atoms with E-state index in [1.54, 1.807) is 0 Å². The Labute approximate surface area is 159 Å². The molecule has 0 aromatic heterocycles. The van der Waals surface area contributed by atoms with E-state index in [9.17, 15) is 0 Å². The van der Waals surface area contributed by atoms with Crippen molar-refractivity contribution in [2.24, 2.45) is 0 Å². The number of rotatable bonds is 7. The first-order valence-electron chi connectivity index (χ1n) is 9.49. The van der Waals surface area contributed by atoms with Gasteiger partial charge in [-0.05, 0) is 55.9 Å². The molecule has 2 heterocycles. The molecule has 1 atom stereocenters. The predicted molar refractivity (Wildman–Crippen MR) is 112 cm³/mol. The number of hydrogen-bond donors (Lipinski definition) is 1. The van der Waals surface area contributed by atoms with Gasteiger partial charge in [0, 0.05) is 49.4 Å². The van der Waals surface area contributed by atoms with Gasteiger partial charge in [-0.3, -0.25) is 0 Å². The molecule has 0 saturated carbocycles. The van der Waals surface area contributed by atoms with Gasteiger partial charge in [0.2, 0.25) is 0 Å². The summed E-state index contributed by atoms with van der Waals surface area (Å²) in [6, 6.07) is 0.267. The van der Waals surface area contributed by atoms with Gasteiger partial charge in [0.05, 0.1) is 0 Å². The summed E-state index contributed by atoms with van der Waals surface area (Å²) in [6.07, 6.45) is 6.93. The van der Waals surface area contributed by atoms with Gasteiger partial charge in [0.15, 0.2) is 0 Å². The zero-order valence-electron chi connectivity index (χ0n) is 17.1. The van der Waals surface area contributed by atoms with E-state index < -0.39 is 0 Å². The summed E-state index contributed by atoms with van der Waals surface area (Å²) in [6.45, 7) is 18.6. The zero-order chi connectivity index (χ0) is 19.4. The van der Waals surface area contributed by atoms with Crippen LogP contribution >= 0.6 is 0 Å². The summed E-state index contributed by atoms with van der Waals surface area (Å²) in [4.78, 5) is 4.73. The minimum absolute atomic E-state index is 0.267. The Hall–Kier alpha value is -2.25. The Kier molecular flexibility index (Phi) is 6.50. The van der Waals surface area contributed by atoms with Gasteiger partial charge in [-0.2, -0.15) is 0 Å². The van der Waals surface area contributed by atoms with E-state index in [0.717, 1.165) is 42.8 Å². The van der Waals surface area contributed by atoms with Crippen molar-refractivity contribution < 1.29 is 0 Å². The van der Waals surface area contributed by atoms with Crippen molar-refractivity contribution in [2.75, 3.05) is 20.1 Å². The molecule has 1 N–H and O–H groups in total. The van der Waals surface area contributed by atoms with E-state index in [2.05, 4.69) is 62.6 Å². The summed E-state index contributed by atoms with van der Waals surface area (Å²) >= 11 is 0. The van der Waals surface area contributed by atoms with Crippen molar-refractivity contribution in [3.8, 4) is 0 Å². The fourth-order valence-corrected chi connectivity index (χ4v) is 3.99. The molecule has 0 saturated heterocycles. The molecule has 3 nitrogen and oxygen atoms in total. The topological polar surface area (TPSA) is 30.3 Å². The summed E-state index contributed by atoms with van der Waals surface area (Å²) < 4.78 is 0. The lowest BCUT2D eigenvalue weighted by atomic mass is 9.97. The molecule has 0 bridgehead atoms. The number of nitrogens with zero attached hydrogens (tertiary/aromatic N) is 2. The third-order valence-electron chi connectivity index (χ3n) is 5.55. The van der Waals surface area contributed by atoms with Crippen molar-refractivity contribution in [3.63, 3.8) is 0 Å². The van der Waals surface area contributed by atoms with Crippen LogP contribution in [0.2, 0.25) is 0 Å². The van der Waals surface area contributed by atoms with Crippen LogP contribution in [0.4, 0.5) is 0 Å². The monoisotopic (exact) mass is 351 g/mol. The molecule has 0 aliphatic carbocycles. The van der Waals surface area contributed by atoms with E-state index in [0.29, 0.717) is 0 Å². The molecule has 140 valence electrons. The normalized spacial score (nSPS) is 19.0. The van der Waals surface area contributed by atoms with E-state index in [1.165, 1.54) is 35.1 Å². The lowest BCUT2D eigenvalue weighted by molar-refractivity contribution is 0.316. The van der Waals surface area contributed by atoms with Crippen LogP contribution in [0.25, 0.3) is 0 Å². The van der Waals surface area contributed by atoms with Crippen LogP contribution in [0.3, 0.4) is 0 Å². The Balaban J connectivity index is 2.25. The highest BCUT2D eigenvalue weighted by molar-refractivity contribution is 5.84. The number of likely N-dealkylation sites (N-methyl/N-ethyl adjacent to an activating group) is 1. The minimum Gasteiger partial charge on any atom is -0.374 e. The standard InChI is InChI=1S/C23H33N3/c1-8-10-23-17(4)12-20(14-25(23)7)18(5)26-15-21(11-16(3)9-2)22(13-24)19(26)6/h12-13,18,24H,2,6,8,10-11,14-15H2,1,3-5,7H3. The van der Waals surface area contributed by atoms with Crippen molar-refractivity contribution in [1.29, 1.82) is 5.41 Å². The van der Waals surface area contributed by atoms with E-state index >= 15 is 0 Å². The fraction of sp³-hybridized carbons (Fsp3) is 0.478. The van der Waals surface area contributed by atoms with Crippen LogP contribution in [-0.4, -0.2) is 42.2 Å². The molecule has 0 amide bonds. The van der Waals surface area contributed by atoms with Crippen LogP contribution in [0.1, 0.15) is 47.0 Å². The summed E-state index contributed by atoms with van der Waals surface area (Å²) in [5.74, 6) is 0. The quantitative estimate of drug-likeness (QED) is 0.503.